The number of ether oxygens (including phenoxy) is 2. The highest BCUT2D eigenvalue weighted by Gasteiger charge is 2.34. The van der Waals surface area contributed by atoms with Crippen molar-refractivity contribution < 1.29 is 14.3 Å². The van der Waals surface area contributed by atoms with Crippen LogP contribution in [-0.2, 0) is 14.3 Å². The van der Waals surface area contributed by atoms with Gasteiger partial charge in [-0.2, -0.15) is 0 Å². The molecule has 0 spiro atoms. The number of esters is 1. The van der Waals surface area contributed by atoms with E-state index >= 15 is 0 Å². The lowest BCUT2D eigenvalue weighted by Crippen LogP contribution is -2.26. The summed E-state index contributed by atoms with van der Waals surface area (Å²) in [6.07, 6.45) is 0.927. The molecule has 90 valence electrons. The average molecular weight is 298 g/mol. The molecule has 0 fully saturated rings. The fourth-order valence-corrected chi connectivity index (χ4v) is 1.91. The highest BCUT2D eigenvalue weighted by Crippen LogP contribution is 2.28. The zero-order chi connectivity index (χ0) is 12.3. The third kappa shape index (κ3) is 2.66. The molecule has 1 aliphatic heterocycles. The SMILES string of the molecule is CCOC(=O)C1N=COC1c1ccc(Br)cc1. The number of benzene rings is 1. The van der Waals surface area contributed by atoms with Crippen molar-refractivity contribution in [3.05, 3.63) is 34.3 Å². The quantitative estimate of drug-likeness (QED) is 0.805. The van der Waals surface area contributed by atoms with Crippen LogP contribution in [0.25, 0.3) is 0 Å². The number of carbonyl (C=O) groups excluding carboxylic acids is 1. The van der Waals surface area contributed by atoms with E-state index in [1.54, 1.807) is 6.92 Å². The van der Waals surface area contributed by atoms with Crippen molar-refractivity contribution in [1.29, 1.82) is 0 Å². The maximum Gasteiger partial charge on any atom is 0.335 e. The molecule has 17 heavy (non-hydrogen) atoms. The largest absolute Gasteiger partial charge is 0.473 e. The van der Waals surface area contributed by atoms with Crippen LogP contribution in [0.3, 0.4) is 0 Å². The Hall–Kier alpha value is -1.36. The Bertz CT molecular complexity index is 430. The van der Waals surface area contributed by atoms with Gasteiger partial charge < -0.3 is 9.47 Å². The van der Waals surface area contributed by atoms with Gasteiger partial charge in [-0.05, 0) is 24.6 Å². The number of rotatable bonds is 3. The second-order valence-corrected chi connectivity index (χ2v) is 4.48. The van der Waals surface area contributed by atoms with Crippen LogP contribution in [0.15, 0.2) is 33.7 Å². The molecule has 5 heteroatoms. The highest BCUT2D eigenvalue weighted by atomic mass is 79.9. The molecule has 2 rings (SSSR count). The Kier molecular flexibility index (Phi) is 3.78. The maximum absolute atomic E-state index is 11.7. The first kappa shape index (κ1) is 12.1. The summed E-state index contributed by atoms with van der Waals surface area (Å²) in [5, 5.41) is 0. The van der Waals surface area contributed by atoms with Crippen molar-refractivity contribution in [3.63, 3.8) is 0 Å². The Balaban J connectivity index is 2.15. The summed E-state index contributed by atoms with van der Waals surface area (Å²) in [5.74, 6) is -0.353. The molecule has 0 radical (unpaired) electrons. The van der Waals surface area contributed by atoms with Crippen molar-refractivity contribution in [2.24, 2.45) is 4.99 Å². The zero-order valence-electron chi connectivity index (χ0n) is 9.30. The highest BCUT2D eigenvalue weighted by molar-refractivity contribution is 9.10. The van der Waals surface area contributed by atoms with E-state index in [0.29, 0.717) is 6.61 Å². The van der Waals surface area contributed by atoms with Crippen LogP contribution < -0.4 is 0 Å². The monoisotopic (exact) mass is 297 g/mol. The van der Waals surface area contributed by atoms with Gasteiger partial charge in [-0.15, -0.1) is 0 Å². The summed E-state index contributed by atoms with van der Waals surface area (Å²) in [4.78, 5) is 15.7. The molecule has 0 N–H and O–H groups in total. The summed E-state index contributed by atoms with van der Waals surface area (Å²) in [5.41, 5.74) is 0.906. The van der Waals surface area contributed by atoms with Crippen LogP contribution in [0, 0.1) is 0 Å². The van der Waals surface area contributed by atoms with E-state index in [1.807, 2.05) is 24.3 Å². The lowest BCUT2D eigenvalue weighted by Gasteiger charge is -2.16. The van der Waals surface area contributed by atoms with E-state index in [9.17, 15) is 4.79 Å². The fraction of sp³-hybridized carbons (Fsp3) is 0.333. The van der Waals surface area contributed by atoms with E-state index in [4.69, 9.17) is 9.47 Å². The van der Waals surface area contributed by atoms with Gasteiger partial charge in [0.15, 0.2) is 18.5 Å². The van der Waals surface area contributed by atoms with Gasteiger partial charge in [-0.3, -0.25) is 0 Å². The number of halogens is 1. The molecule has 0 amide bonds. The molecule has 0 saturated carbocycles. The van der Waals surface area contributed by atoms with Crippen molar-refractivity contribution in [1.82, 2.24) is 0 Å². The third-order valence-electron chi connectivity index (χ3n) is 2.44. The van der Waals surface area contributed by atoms with Crippen molar-refractivity contribution in [2.75, 3.05) is 6.61 Å². The van der Waals surface area contributed by atoms with E-state index < -0.39 is 6.04 Å². The second kappa shape index (κ2) is 5.31. The number of hydrogen-bond acceptors (Lipinski definition) is 4. The van der Waals surface area contributed by atoms with Gasteiger partial charge in [0.05, 0.1) is 6.61 Å². The minimum Gasteiger partial charge on any atom is -0.473 e. The molecule has 1 aromatic carbocycles. The standard InChI is InChI=1S/C12H12BrNO3/c1-2-16-12(15)10-11(17-7-14-10)8-3-5-9(13)6-4-8/h3-7,10-11H,2H2,1H3. The lowest BCUT2D eigenvalue weighted by molar-refractivity contribution is -0.146. The third-order valence-corrected chi connectivity index (χ3v) is 2.97. The van der Waals surface area contributed by atoms with Gasteiger partial charge in [-0.1, -0.05) is 28.1 Å². The number of aliphatic imine (C=N–C) groups is 1. The van der Waals surface area contributed by atoms with Crippen molar-refractivity contribution >= 4 is 28.3 Å². The number of carbonyl (C=O) groups is 1. The first-order valence-corrected chi connectivity index (χ1v) is 6.11. The first-order chi connectivity index (χ1) is 8.22. The minimum atomic E-state index is -0.601. The van der Waals surface area contributed by atoms with Gasteiger partial charge in [0.2, 0.25) is 0 Å². The maximum atomic E-state index is 11.7. The van der Waals surface area contributed by atoms with Crippen LogP contribution in [0.5, 0.6) is 0 Å². The normalized spacial score (nSPS) is 22.2. The summed E-state index contributed by atoms with van der Waals surface area (Å²) in [7, 11) is 0. The predicted molar refractivity (Wildman–Crippen MR) is 66.9 cm³/mol. The topological polar surface area (TPSA) is 47.9 Å². The van der Waals surface area contributed by atoms with E-state index in [0.717, 1.165) is 10.0 Å². The van der Waals surface area contributed by atoms with Crippen LogP contribution in [0.2, 0.25) is 0 Å². The van der Waals surface area contributed by atoms with Crippen molar-refractivity contribution in [3.8, 4) is 0 Å². The molecule has 2 unspecified atom stereocenters. The average Bonchev–Trinajstić information content (AvgIpc) is 2.79. The molecule has 1 heterocycles. The van der Waals surface area contributed by atoms with Gasteiger partial charge in [0.25, 0.3) is 0 Å². The molecule has 1 aromatic rings. The van der Waals surface area contributed by atoms with Crippen LogP contribution in [0.4, 0.5) is 0 Å². The van der Waals surface area contributed by atoms with Crippen LogP contribution in [0.1, 0.15) is 18.6 Å². The molecule has 0 aliphatic carbocycles. The second-order valence-electron chi connectivity index (χ2n) is 3.56. The lowest BCUT2D eigenvalue weighted by atomic mass is 10.0. The molecular formula is C12H12BrNO3. The van der Waals surface area contributed by atoms with Gasteiger partial charge >= 0.3 is 5.97 Å². The van der Waals surface area contributed by atoms with Gasteiger partial charge in [0, 0.05) is 4.47 Å². The Labute approximate surface area is 108 Å². The fourth-order valence-electron chi connectivity index (χ4n) is 1.64. The zero-order valence-corrected chi connectivity index (χ0v) is 10.9. The predicted octanol–water partition coefficient (Wildman–Crippen LogP) is 2.48. The van der Waals surface area contributed by atoms with E-state index in [1.165, 1.54) is 6.40 Å². The Morgan fingerprint density at radius 3 is 2.82 bits per heavy atom. The first-order valence-electron chi connectivity index (χ1n) is 5.31. The number of hydrogen-bond donors (Lipinski definition) is 0. The van der Waals surface area contributed by atoms with E-state index in [-0.39, 0.29) is 12.1 Å². The minimum absolute atomic E-state index is 0.345. The Morgan fingerprint density at radius 1 is 1.47 bits per heavy atom. The van der Waals surface area contributed by atoms with E-state index in [2.05, 4.69) is 20.9 Å². The van der Waals surface area contributed by atoms with Crippen LogP contribution in [-0.4, -0.2) is 25.0 Å². The summed E-state index contributed by atoms with van der Waals surface area (Å²) >= 11 is 3.36. The summed E-state index contributed by atoms with van der Waals surface area (Å²) in [6.45, 7) is 2.12. The van der Waals surface area contributed by atoms with Crippen LogP contribution >= 0.6 is 15.9 Å². The summed E-state index contributed by atoms with van der Waals surface area (Å²) in [6, 6.07) is 7.00. The molecule has 4 nitrogen and oxygen atoms in total. The van der Waals surface area contributed by atoms with Gasteiger partial charge in [-0.25, -0.2) is 9.79 Å². The Morgan fingerprint density at radius 2 is 2.18 bits per heavy atom. The molecule has 2 atom stereocenters. The molecule has 0 bridgehead atoms. The molecule has 0 aromatic heterocycles. The van der Waals surface area contributed by atoms with Crippen molar-refractivity contribution in [2.45, 2.75) is 19.1 Å². The smallest absolute Gasteiger partial charge is 0.335 e. The molecule has 1 aliphatic rings. The molecule has 0 saturated heterocycles. The van der Waals surface area contributed by atoms with Gasteiger partial charge in [0.1, 0.15) is 0 Å². The number of nitrogens with zero attached hydrogens (tertiary/aromatic N) is 1. The molecular weight excluding hydrogens is 286 g/mol. The summed E-state index contributed by atoms with van der Waals surface area (Å²) < 4.78 is 11.3.